The highest BCUT2D eigenvalue weighted by Gasteiger charge is 2.34. The fraction of sp³-hybridized carbons (Fsp3) is 0.360. The van der Waals surface area contributed by atoms with Crippen molar-refractivity contribution >= 4 is 28.3 Å². The van der Waals surface area contributed by atoms with Crippen molar-refractivity contribution in [2.45, 2.75) is 38.5 Å². The van der Waals surface area contributed by atoms with Crippen molar-refractivity contribution in [2.24, 2.45) is 5.92 Å². The van der Waals surface area contributed by atoms with Crippen LogP contribution in [0.5, 0.6) is 0 Å². The zero-order chi connectivity index (χ0) is 20.5. The number of para-hydroxylation sites is 1. The molecule has 1 fully saturated rings. The molecule has 3 heterocycles. The summed E-state index contributed by atoms with van der Waals surface area (Å²) in [5.74, 6) is -0.0431. The van der Waals surface area contributed by atoms with Crippen molar-refractivity contribution in [1.82, 2.24) is 15.6 Å². The molecule has 1 aromatic carbocycles. The average molecular weight is 402 g/mol. The topological polar surface area (TPSA) is 74.0 Å². The highest BCUT2D eigenvalue weighted by molar-refractivity contribution is 6.39. The van der Waals surface area contributed by atoms with Gasteiger partial charge in [0.25, 0.3) is 11.8 Å². The first-order chi connectivity index (χ1) is 14.7. The molecule has 2 aromatic rings. The Bertz CT molecular complexity index is 1090. The monoisotopic (exact) mass is 401 g/mol. The normalized spacial score (nSPS) is 23.1. The summed E-state index contributed by atoms with van der Waals surface area (Å²) in [6.07, 6.45) is 12.9. The summed E-state index contributed by atoms with van der Waals surface area (Å²) in [5, 5.41) is 7.01. The number of allylic oxidation sites excluding steroid dienone is 3. The number of aromatic nitrogens is 1. The van der Waals surface area contributed by atoms with Gasteiger partial charge in [-0.2, -0.15) is 0 Å². The molecule has 5 rings (SSSR count). The summed E-state index contributed by atoms with van der Waals surface area (Å²) in [6.45, 7) is 2.16. The number of carbonyl (C=O) groups excluding carboxylic acids is 2. The van der Waals surface area contributed by atoms with Crippen LogP contribution in [0, 0.1) is 5.92 Å². The van der Waals surface area contributed by atoms with E-state index in [0.717, 1.165) is 54.4 Å². The van der Waals surface area contributed by atoms with Gasteiger partial charge in [-0.1, -0.05) is 42.3 Å². The molecule has 0 radical (unpaired) electrons. The smallest absolute Gasteiger partial charge is 0.259 e. The number of fused-ring (bicyclic) bond motifs is 1. The van der Waals surface area contributed by atoms with Gasteiger partial charge in [-0.3, -0.25) is 14.9 Å². The van der Waals surface area contributed by atoms with Gasteiger partial charge in [0.15, 0.2) is 0 Å². The summed E-state index contributed by atoms with van der Waals surface area (Å²) in [5.41, 5.74) is 5.08. The molecule has 1 saturated heterocycles. The fourth-order valence-electron chi connectivity index (χ4n) is 5.04. The first kappa shape index (κ1) is 19.1. The van der Waals surface area contributed by atoms with Crippen LogP contribution in [0.1, 0.15) is 44.1 Å². The van der Waals surface area contributed by atoms with Crippen LogP contribution in [0.4, 0.5) is 0 Å². The number of benzene rings is 1. The predicted molar refractivity (Wildman–Crippen MR) is 119 cm³/mol. The second kappa shape index (κ2) is 8.07. The lowest BCUT2D eigenvalue weighted by Crippen LogP contribution is -2.24. The molecule has 0 spiro atoms. The number of aromatic amines is 1. The molecule has 154 valence electrons. The van der Waals surface area contributed by atoms with Gasteiger partial charge in [-0.15, -0.1) is 0 Å². The van der Waals surface area contributed by atoms with Crippen LogP contribution in [0.25, 0.3) is 16.5 Å². The molecule has 2 aliphatic heterocycles. The maximum absolute atomic E-state index is 12.8. The zero-order valence-corrected chi connectivity index (χ0v) is 17.1. The van der Waals surface area contributed by atoms with E-state index in [4.69, 9.17) is 0 Å². The quantitative estimate of drug-likeness (QED) is 0.681. The molecule has 1 unspecified atom stereocenters. The molecule has 0 bridgehead atoms. The third-order valence-corrected chi connectivity index (χ3v) is 6.57. The third-order valence-electron chi connectivity index (χ3n) is 6.57. The van der Waals surface area contributed by atoms with Gasteiger partial charge >= 0.3 is 0 Å². The molecule has 3 aliphatic rings. The number of hydrogen-bond acceptors (Lipinski definition) is 3. The Kier molecular flexibility index (Phi) is 5.13. The molecule has 2 amide bonds. The highest BCUT2D eigenvalue weighted by atomic mass is 16.2. The highest BCUT2D eigenvalue weighted by Crippen LogP contribution is 2.38. The fourth-order valence-corrected chi connectivity index (χ4v) is 5.04. The number of amides is 2. The Hall–Kier alpha value is -2.92. The number of imide groups is 1. The Labute approximate surface area is 176 Å². The van der Waals surface area contributed by atoms with E-state index in [-0.39, 0.29) is 11.8 Å². The molecule has 1 aliphatic carbocycles. The molecular weight excluding hydrogens is 374 g/mol. The van der Waals surface area contributed by atoms with Crippen LogP contribution >= 0.6 is 0 Å². The molecular formula is C25H27N3O2. The van der Waals surface area contributed by atoms with Crippen LogP contribution in [0.3, 0.4) is 0 Å². The van der Waals surface area contributed by atoms with Crippen LogP contribution in [0.2, 0.25) is 0 Å². The van der Waals surface area contributed by atoms with Gasteiger partial charge in [0.05, 0.1) is 11.1 Å². The molecule has 1 atom stereocenters. The summed E-state index contributed by atoms with van der Waals surface area (Å²) in [4.78, 5) is 28.8. The van der Waals surface area contributed by atoms with Gasteiger partial charge in [-0.05, 0) is 62.8 Å². The van der Waals surface area contributed by atoms with Gasteiger partial charge in [-0.25, -0.2) is 0 Å². The number of hydrogen-bond donors (Lipinski definition) is 3. The minimum atomic E-state index is -0.309. The Morgan fingerprint density at radius 2 is 1.80 bits per heavy atom. The minimum Gasteiger partial charge on any atom is -0.361 e. The van der Waals surface area contributed by atoms with Gasteiger partial charge in [0.2, 0.25) is 0 Å². The Morgan fingerprint density at radius 1 is 0.933 bits per heavy atom. The molecule has 3 N–H and O–H groups in total. The van der Waals surface area contributed by atoms with E-state index in [1.165, 1.54) is 24.8 Å². The van der Waals surface area contributed by atoms with E-state index in [1.807, 2.05) is 30.5 Å². The van der Waals surface area contributed by atoms with Gasteiger partial charge in [0.1, 0.15) is 0 Å². The van der Waals surface area contributed by atoms with E-state index in [1.54, 1.807) is 0 Å². The summed E-state index contributed by atoms with van der Waals surface area (Å²) in [6, 6.07) is 7.88. The van der Waals surface area contributed by atoms with Crippen molar-refractivity contribution in [3.05, 3.63) is 64.9 Å². The number of rotatable bonds is 3. The third kappa shape index (κ3) is 3.43. The van der Waals surface area contributed by atoms with Crippen LogP contribution < -0.4 is 10.6 Å². The second-order valence-electron chi connectivity index (χ2n) is 8.43. The first-order valence-electron chi connectivity index (χ1n) is 11.0. The molecule has 5 heteroatoms. The van der Waals surface area contributed by atoms with E-state index in [9.17, 15) is 9.59 Å². The van der Waals surface area contributed by atoms with Crippen molar-refractivity contribution in [1.29, 1.82) is 0 Å². The van der Waals surface area contributed by atoms with Crippen LogP contribution in [-0.4, -0.2) is 29.9 Å². The molecule has 1 aromatic heterocycles. The maximum atomic E-state index is 12.8. The first-order valence-corrected chi connectivity index (χ1v) is 11.0. The van der Waals surface area contributed by atoms with E-state index in [2.05, 4.69) is 27.8 Å². The van der Waals surface area contributed by atoms with E-state index < -0.39 is 0 Å². The SMILES string of the molecule is O=C1NC(=O)C(c2c[nH]c3ccccc23)=C1C1=CCCC(C2CCCCNCC2)=C1. The molecule has 30 heavy (non-hydrogen) atoms. The summed E-state index contributed by atoms with van der Waals surface area (Å²) < 4.78 is 0. The standard InChI is InChI=1S/C25H27N3O2/c29-24-22(18-8-5-7-17(14-18)16-6-3-4-12-26-13-11-16)23(25(30)28-24)20-15-27-21-10-2-1-9-19(20)21/h1-2,8-10,14-16,26-27H,3-7,11-13H2,(H,28,29,30). The lowest BCUT2D eigenvalue weighted by atomic mass is 9.81. The zero-order valence-electron chi connectivity index (χ0n) is 17.1. The maximum Gasteiger partial charge on any atom is 0.259 e. The van der Waals surface area contributed by atoms with E-state index in [0.29, 0.717) is 17.1 Å². The lowest BCUT2D eigenvalue weighted by molar-refractivity contribution is -0.123. The van der Waals surface area contributed by atoms with Crippen molar-refractivity contribution in [3.8, 4) is 0 Å². The largest absolute Gasteiger partial charge is 0.361 e. The minimum absolute atomic E-state index is 0.289. The number of carbonyl (C=O) groups is 2. The van der Waals surface area contributed by atoms with Crippen LogP contribution in [-0.2, 0) is 9.59 Å². The van der Waals surface area contributed by atoms with Crippen molar-refractivity contribution < 1.29 is 9.59 Å². The molecule has 0 saturated carbocycles. The van der Waals surface area contributed by atoms with Gasteiger partial charge in [0, 0.05) is 22.7 Å². The van der Waals surface area contributed by atoms with Gasteiger partial charge < -0.3 is 10.3 Å². The van der Waals surface area contributed by atoms with E-state index >= 15 is 0 Å². The predicted octanol–water partition coefficient (Wildman–Crippen LogP) is 4.00. The molecule has 5 nitrogen and oxygen atoms in total. The Morgan fingerprint density at radius 3 is 2.73 bits per heavy atom. The van der Waals surface area contributed by atoms with Crippen molar-refractivity contribution in [2.75, 3.05) is 13.1 Å². The lowest BCUT2D eigenvalue weighted by Gasteiger charge is -2.25. The second-order valence-corrected chi connectivity index (χ2v) is 8.43. The average Bonchev–Trinajstić information content (AvgIpc) is 3.27. The number of nitrogens with one attached hydrogen (secondary N) is 3. The van der Waals surface area contributed by atoms with Crippen molar-refractivity contribution in [3.63, 3.8) is 0 Å². The number of H-pyrrole nitrogens is 1. The summed E-state index contributed by atoms with van der Waals surface area (Å²) >= 11 is 0. The Balaban J connectivity index is 1.56. The summed E-state index contributed by atoms with van der Waals surface area (Å²) in [7, 11) is 0. The van der Waals surface area contributed by atoms with Crippen LogP contribution in [0.15, 0.2) is 59.3 Å².